The number of aromatic nitrogens is 2. The first-order chi connectivity index (χ1) is 7.25. The second-order valence-electron chi connectivity index (χ2n) is 2.95. The van der Waals surface area contributed by atoms with Crippen molar-refractivity contribution in [3.8, 4) is 0 Å². The highest BCUT2D eigenvalue weighted by Gasteiger charge is 2.13. The summed E-state index contributed by atoms with van der Waals surface area (Å²) < 4.78 is 0. The smallest absolute Gasteiger partial charge is 0.225 e. The van der Waals surface area contributed by atoms with Crippen LogP contribution in [-0.2, 0) is 0 Å². The molecule has 1 aromatic heterocycles. The molecule has 0 N–H and O–H groups in total. The lowest BCUT2D eigenvalue weighted by Crippen LogP contribution is -2.27. The maximum atomic E-state index is 5.84. The van der Waals surface area contributed by atoms with E-state index < -0.39 is 0 Å². The Morgan fingerprint density at radius 3 is 2.40 bits per heavy atom. The lowest BCUT2D eigenvalue weighted by molar-refractivity contribution is 0.857. The summed E-state index contributed by atoms with van der Waals surface area (Å²) in [5.74, 6) is 3.00. The molecule has 3 nitrogen and oxygen atoms in total. The Balaban J connectivity index is 2.19. The van der Waals surface area contributed by atoms with Crippen LogP contribution in [0.3, 0.4) is 0 Å². The van der Waals surface area contributed by atoms with Crippen LogP contribution in [0, 0.1) is 0 Å². The Labute approximate surface area is 106 Å². The van der Waals surface area contributed by atoms with Gasteiger partial charge >= 0.3 is 0 Å². The van der Waals surface area contributed by atoms with Gasteiger partial charge in [0.2, 0.25) is 5.28 Å². The van der Waals surface area contributed by atoms with Crippen LogP contribution in [-0.4, -0.2) is 34.6 Å². The molecule has 0 spiro atoms. The highest BCUT2D eigenvalue weighted by atomic mass is 35.5. The van der Waals surface area contributed by atoms with Gasteiger partial charge in [-0.25, -0.2) is 9.97 Å². The molecule has 0 bridgehead atoms. The molecule has 1 aliphatic heterocycles. The number of hydrogen-bond donors (Lipinski definition) is 0. The van der Waals surface area contributed by atoms with Crippen molar-refractivity contribution in [3.05, 3.63) is 16.5 Å². The topological polar surface area (TPSA) is 29.0 Å². The summed E-state index contributed by atoms with van der Waals surface area (Å²) in [6, 6.07) is 1.76. The van der Waals surface area contributed by atoms with Crippen LogP contribution in [0.2, 0.25) is 10.4 Å². The van der Waals surface area contributed by atoms with E-state index in [9.17, 15) is 0 Å². The maximum absolute atomic E-state index is 5.84. The lowest BCUT2D eigenvalue weighted by atomic mass is 10.4. The monoisotopic (exact) mass is 281 g/mol. The molecule has 0 radical (unpaired) electrons. The zero-order valence-corrected chi connectivity index (χ0v) is 11.0. The molecule has 1 aromatic rings. The fourth-order valence-electron chi connectivity index (χ4n) is 1.29. The van der Waals surface area contributed by atoms with Crippen molar-refractivity contribution in [2.45, 2.75) is 0 Å². The number of rotatable bonds is 1. The predicted octanol–water partition coefficient (Wildman–Crippen LogP) is 2.98. The van der Waals surface area contributed by atoms with E-state index in [1.165, 1.54) is 0 Å². The molecular weight excluding hydrogens is 273 g/mol. The molecule has 1 fully saturated rings. The van der Waals surface area contributed by atoms with Gasteiger partial charge in [0.25, 0.3) is 0 Å². The molecule has 0 aromatic carbocycles. The van der Waals surface area contributed by atoms with Gasteiger partial charge in [-0.05, 0) is 11.6 Å². The van der Waals surface area contributed by atoms with Crippen LogP contribution >= 0.6 is 44.8 Å². The molecular formula is C8H9Cl2N3S2. The molecule has 0 aliphatic carbocycles. The third-order valence-corrected chi connectivity index (χ3v) is 4.68. The van der Waals surface area contributed by atoms with Crippen LogP contribution < -0.4 is 4.90 Å². The molecule has 1 saturated heterocycles. The van der Waals surface area contributed by atoms with Gasteiger partial charge in [0.1, 0.15) is 11.0 Å². The van der Waals surface area contributed by atoms with E-state index in [4.69, 9.17) is 23.2 Å². The average molecular weight is 282 g/mol. The van der Waals surface area contributed by atoms with Gasteiger partial charge in [0.05, 0.1) is 0 Å². The highest BCUT2D eigenvalue weighted by Crippen LogP contribution is 2.27. The predicted molar refractivity (Wildman–Crippen MR) is 69.2 cm³/mol. The summed E-state index contributed by atoms with van der Waals surface area (Å²) in [6.07, 6.45) is 0. The second kappa shape index (κ2) is 5.48. The summed E-state index contributed by atoms with van der Waals surface area (Å²) in [5, 5.41) is 0.608. The zero-order chi connectivity index (χ0) is 10.7. The molecule has 0 saturated carbocycles. The van der Waals surface area contributed by atoms with Crippen molar-refractivity contribution >= 4 is 50.6 Å². The van der Waals surface area contributed by atoms with Gasteiger partial charge in [0, 0.05) is 30.7 Å². The van der Waals surface area contributed by atoms with Crippen molar-refractivity contribution in [2.24, 2.45) is 0 Å². The minimum Gasteiger partial charge on any atom is -0.355 e. The molecule has 2 heterocycles. The van der Waals surface area contributed by atoms with Crippen LogP contribution in [0.25, 0.3) is 0 Å². The molecule has 2 rings (SSSR count). The van der Waals surface area contributed by atoms with Crippen molar-refractivity contribution in [2.75, 3.05) is 29.5 Å². The fourth-order valence-corrected chi connectivity index (χ4v) is 3.67. The second-order valence-corrected chi connectivity index (χ2v) is 6.38. The Bertz CT molecular complexity index is 322. The normalized spacial score (nSPS) is 17.6. The van der Waals surface area contributed by atoms with E-state index >= 15 is 0 Å². The Hall–Kier alpha value is 0.160. The van der Waals surface area contributed by atoms with E-state index in [2.05, 4.69) is 14.9 Å². The number of nitrogens with zero attached hydrogens (tertiary/aromatic N) is 3. The Morgan fingerprint density at radius 2 is 1.80 bits per heavy atom. The molecule has 0 amide bonds. The molecule has 15 heavy (non-hydrogen) atoms. The van der Waals surface area contributed by atoms with E-state index in [1.807, 2.05) is 21.6 Å². The van der Waals surface area contributed by atoms with Crippen LogP contribution in [0.1, 0.15) is 0 Å². The fraction of sp³-hybridized carbons (Fsp3) is 0.500. The van der Waals surface area contributed by atoms with Gasteiger partial charge in [0.15, 0.2) is 0 Å². The van der Waals surface area contributed by atoms with Gasteiger partial charge in [-0.15, -0.1) is 0 Å². The van der Waals surface area contributed by atoms with E-state index in [1.54, 1.807) is 6.07 Å². The van der Waals surface area contributed by atoms with E-state index in [-0.39, 0.29) is 5.28 Å². The number of halogens is 2. The summed E-state index contributed by atoms with van der Waals surface area (Å²) in [5.41, 5.74) is 0. The molecule has 0 unspecified atom stereocenters. The number of hydrogen-bond acceptors (Lipinski definition) is 5. The molecule has 0 atom stereocenters. The van der Waals surface area contributed by atoms with Crippen LogP contribution in [0.4, 0.5) is 5.82 Å². The molecule has 1 aliphatic rings. The highest BCUT2D eigenvalue weighted by molar-refractivity contribution is 8.76. The minimum atomic E-state index is 0.210. The number of anilines is 1. The van der Waals surface area contributed by atoms with Crippen molar-refractivity contribution < 1.29 is 0 Å². The van der Waals surface area contributed by atoms with Gasteiger partial charge in [-0.3, -0.25) is 0 Å². The largest absolute Gasteiger partial charge is 0.355 e. The van der Waals surface area contributed by atoms with Gasteiger partial charge in [-0.2, -0.15) is 0 Å². The first-order valence-corrected chi connectivity index (χ1v) is 7.69. The summed E-state index contributed by atoms with van der Waals surface area (Å²) in [6.45, 7) is 1.95. The van der Waals surface area contributed by atoms with Gasteiger partial charge < -0.3 is 4.90 Å². The molecule has 82 valence electrons. The Kier molecular flexibility index (Phi) is 4.25. The van der Waals surface area contributed by atoms with Crippen molar-refractivity contribution in [1.29, 1.82) is 0 Å². The van der Waals surface area contributed by atoms with Crippen molar-refractivity contribution in [3.63, 3.8) is 0 Å². The standard InChI is InChI=1S/C8H9Cl2N3S2/c9-6-5-7(12-8(10)11-6)13-1-3-14-15-4-2-13/h5H,1-4H2. The molecule has 7 heteroatoms. The maximum Gasteiger partial charge on any atom is 0.225 e. The van der Waals surface area contributed by atoms with Crippen LogP contribution in [0.15, 0.2) is 6.07 Å². The summed E-state index contributed by atoms with van der Waals surface area (Å²) in [4.78, 5) is 10.2. The average Bonchev–Trinajstić information content (AvgIpc) is 2.43. The van der Waals surface area contributed by atoms with Gasteiger partial charge in [-0.1, -0.05) is 33.2 Å². The Morgan fingerprint density at radius 1 is 1.13 bits per heavy atom. The first kappa shape index (κ1) is 11.6. The lowest BCUT2D eigenvalue weighted by Gasteiger charge is -2.20. The van der Waals surface area contributed by atoms with E-state index in [0.717, 1.165) is 30.4 Å². The van der Waals surface area contributed by atoms with Crippen molar-refractivity contribution in [1.82, 2.24) is 9.97 Å². The van der Waals surface area contributed by atoms with Crippen LogP contribution in [0.5, 0.6) is 0 Å². The SMILES string of the molecule is Clc1cc(N2CCSSCC2)nc(Cl)n1. The van der Waals surface area contributed by atoms with E-state index in [0.29, 0.717) is 5.15 Å². The third kappa shape index (κ3) is 3.31. The summed E-state index contributed by atoms with van der Waals surface area (Å²) in [7, 11) is 3.78. The zero-order valence-electron chi connectivity index (χ0n) is 7.82. The first-order valence-electron chi connectivity index (χ1n) is 4.45. The summed E-state index contributed by atoms with van der Waals surface area (Å²) >= 11 is 11.6. The quantitative estimate of drug-likeness (QED) is 0.449. The minimum absolute atomic E-state index is 0.210. The third-order valence-electron chi connectivity index (χ3n) is 1.95.